The molecule has 0 atom stereocenters. The van der Waals surface area contributed by atoms with Gasteiger partial charge in [-0.3, -0.25) is 4.79 Å². The molecule has 70 valence electrons. The SMILES string of the molecule is CCC(=O)c1ccc2ccccc2c1. The van der Waals surface area contributed by atoms with E-state index >= 15 is 0 Å². The number of carbonyl (C=O) groups is 1. The third kappa shape index (κ3) is 1.53. The molecule has 0 bridgehead atoms. The lowest BCUT2D eigenvalue weighted by atomic mass is 10.0. The molecule has 0 fully saturated rings. The summed E-state index contributed by atoms with van der Waals surface area (Å²) in [5, 5.41) is 2.31. The summed E-state index contributed by atoms with van der Waals surface area (Å²) in [7, 11) is 0. The summed E-state index contributed by atoms with van der Waals surface area (Å²) in [5.41, 5.74) is 0.811. The molecule has 0 radical (unpaired) electrons. The summed E-state index contributed by atoms with van der Waals surface area (Å²) in [4.78, 5) is 11.5. The average Bonchev–Trinajstić information content (AvgIpc) is 2.27. The van der Waals surface area contributed by atoms with Crippen LogP contribution in [0, 0.1) is 0 Å². The average molecular weight is 184 g/mol. The van der Waals surface area contributed by atoms with Crippen LogP contribution in [0.1, 0.15) is 23.7 Å². The quantitative estimate of drug-likeness (QED) is 0.653. The van der Waals surface area contributed by atoms with Gasteiger partial charge in [-0.1, -0.05) is 43.3 Å². The molecule has 2 aromatic carbocycles. The van der Waals surface area contributed by atoms with E-state index in [0.717, 1.165) is 10.9 Å². The Labute approximate surface area is 83.4 Å². The van der Waals surface area contributed by atoms with Gasteiger partial charge in [0.2, 0.25) is 0 Å². The lowest BCUT2D eigenvalue weighted by molar-refractivity contribution is 0.0988. The summed E-state index contributed by atoms with van der Waals surface area (Å²) < 4.78 is 0. The Morgan fingerprint density at radius 2 is 1.79 bits per heavy atom. The monoisotopic (exact) mass is 184 g/mol. The molecular formula is C13H12O. The van der Waals surface area contributed by atoms with E-state index in [1.54, 1.807) is 0 Å². The highest BCUT2D eigenvalue weighted by atomic mass is 16.1. The molecule has 0 unspecified atom stereocenters. The first kappa shape index (κ1) is 8.95. The standard InChI is InChI=1S/C13H12O/c1-2-13(14)12-8-7-10-5-3-4-6-11(10)9-12/h3-9H,2H2,1H3. The number of hydrogen-bond acceptors (Lipinski definition) is 1. The number of hydrogen-bond donors (Lipinski definition) is 0. The van der Waals surface area contributed by atoms with Crippen molar-refractivity contribution in [2.24, 2.45) is 0 Å². The van der Waals surface area contributed by atoms with E-state index in [1.165, 1.54) is 5.39 Å². The van der Waals surface area contributed by atoms with Gasteiger partial charge in [-0.15, -0.1) is 0 Å². The number of rotatable bonds is 2. The van der Waals surface area contributed by atoms with Crippen LogP contribution in [0.3, 0.4) is 0 Å². The molecular weight excluding hydrogens is 172 g/mol. The summed E-state index contributed by atoms with van der Waals surface area (Å²) >= 11 is 0. The Hall–Kier alpha value is -1.63. The van der Waals surface area contributed by atoms with Gasteiger partial charge in [-0.2, -0.15) is 0 Å². The highest BCUT2D eigenvalue weighted by molar-refractivity contribution is 5.99. The first-order valence-electron chi connectivity index (χ1n) is 4.83. The number of fused-ring (bicyclic) bond motifs is 1. The molecule has 0 heterocycles. The predicted octanol–water partition coefficient (Wildman–Crippen LogP) is 3.43. The Kier molecular flexibility index (Phi) is 2.32. The van der Waals surface area contributed by atoms with E-state index in [4.69, 9.17) is 0 Å². The van der Waals surface area contributed by atoms with Crippen molar-refractivity contribution in [1.82, 2.24) is 0 Å². The van der Waals surface area contributed by atoms with Gasteiger partial charge in [0.05, 0.1) is 0 Å². The second kappa shape index (κ2) is 3.62. The molecule has 2 rings (SSSR count). The molecule has 0 aromatic heterocycles. The smallest absolute Gasteiger partial charge is 0.162 e. The van der Waals surface area contributed by atoms with Gasteiger partial charge in [0.1, 0.15) is 0 Å². The topological polar surface area (TPSA) is 17.1 Å². The van der Waals surface area contributed by atoms with Gasteiger partial charge >= 0.3 is 0 Å². The van der Waals surface area contributed by atoms with Crippen LogP contribution in [0.25, 0.3) is 10.8 Å². The van der Waals surface area contributed by atoms with E-state index < -0.39 is 0 Å². The van der Waals surface area contributed by atoms with Gasteiger partial charge in [0, 0.05) is 12.0 Å². The fourth-order valence-electron chi connectivity index (χ4n) is 1.57. The summed E-state index contributed by atoms with van der Waals surface area (Å²) in [6.07, 6.45) is 0.568. The van der Waals surface area contributed by atoms with E-state index in [2.05, 4.69) is 6.07 Å². The molecule has 14 heavy (non-hydrogen) atoms. The minimum atomic E-state index is 0.204. The van der Waals surface area contributed by atoms with Crippen LogP contribution in [0.4, 0.5) is 0 Å². The Morgan fingerprint density at radius 1 is 1.07 bits per heavy atom. The number of Topliss-reactive ketones (excluding diaryl/α,β-unsaturated/α-hetero) is 1. The third-order valence-electron chi connectivity index (χ3n) is 2.39. The maximum absolute atomic E-state index is 11.5. The van der Waals surface area contributed by atoms with E-state index in [9.17, 15) is 4.79 Å². The van der Waals surface area contributed by atoms with E-state index in [0.29, 0.717) is 6.42 Å². The lowest BCUT2D eigenvalue weighted by Crippen LogP contribution is -1.95. The van der Waals surface area contributed by atoms with E-state index in [1.807, 2.05) is 43.3 Å². The van der Waals surface area contributed by atoms with Gasteiger partial charge in [0.15, 0.2) is 5.78 Å². The molecule has 0 amide bonds. The highest BCUT2D eigenvalue weighted by Gasteiger charge is 2.02. The van der Waals surface area contributed by atoms with Crippen molar-refractivity contribution in [2.45, 2.75) is 13.3 Å². The fourth-order valence-corrected chi connectivity index (χ4v) is 1.57. The first-order chi connectivity index (χ1) is 6.81. The van der Waals surface area contributed by atoms with Gasteiger partial charge in [-0.25, -0.2) is 0 Å². The van der Waals surface area contributed by atoms with Crippen molar-refractivity contribution in [3.8, 4) is 0 Å². The first-order valence-corrected chi connectivity index (χ1v) is 4.83. The maximum Gasteiger partial charge on any atom is 0.162 e. The van der Waals surface area contributed by atoms with Gasteiger partial charge in [-0.05, 0) is 16.8 Å². The van der Waals surface area contributed by atoms with Crippen molar-refractivity contribution in [2.75, 3.05) is 0 Å². The normalized spacial score (nSPS) is 10.4. The molecule has 2 aromatic rings. The lowest BCUT2D eigenvalue weighted by Gasteiger charge is -2.00. The van der Waals surface area contributed by atoms with Crippen molar-refractivity contribution < 1.29 is 4.79 Å². The zero-order valence-electron chi connectivity index (χ0n) is 8.16. The molecule has 0 saturated heterocycles. The molecule has 0 aliphatic rings. The van der Waals surface area contributed by atoms with Crippen molar-refractivity contribution in [1.29, 1.82) is 0 Å². The minimum Gasteiger partial charge on any atom is -0.294 e. The van der Waals surface area contributed by atoms with Crippen molar-refractivity contribution in [3.63, 3.8) is 0 Å². The largest absolute Gasteiger partial charge is 0.294 e. The Bertz CT molecular complexity index is 471. The number of benzene rings is 2. The fraction of sp³-hybridized carbons (Fsp3) is 0.154. The van der Waals surface area contributed by atoms with Crippen LogP contribution in [0.15, 0.2) is 42.5 Å². The highest BCUT2D eigenvalue weighted by Crippen LogP contribution is 2.16. The molecule has 0 aliphatic heterocycles. The third-order valence-corrected chi connectivity index (χ3v) is 2.39. The zero-order chi connectivity index (χ0) is 9.97. The van der Waals surface area contributed by atoms with E-state index in [-0.39, 0.29) is 5.78 Å². The van der Waals surface area contributed by atoms with Crippen LogP contribution >= 0.6 is 0 Å². The van der Waals surface area contributed by atoms with Crippen molar-refractivity contribution in [3.05, 3.63) is 48.0 Å². The molecule has 0 aliphatic carbocycles. The second-order valence-corrected chi connectivity index (χ2v) is 3.34. The molecule has 0 saturated carbocycles. The number of carbonyl (C=O) groups excluding carboxylic acids is 1. The maximum atomic E-state index is 11.5. The Balaban J connectivity index is 2.56. The van der Waals surface area contributed by atoms with Crippen LogP contribution in [0.5, 0.6) is 0 Å². The Morgan fingerprint density at radius 3 is 2.50 bits per heavy atom. The predicted molar refractivity (Wildman–Crippen MR) is 58.6 cm³/mol. The second-order valence-electron chi connectivity index (χ2n) is 3.34. The summed E-state index contributed by atoms with van der Waals surface area (Å²) in [6.45, 7) is 1.89. The van der Waals surface area contributed by atoms with Crippen molar-refractivity contribution >= 4 is 16.6 Å². The van der Waals surface area contributed by atoms with Crippen LogP contribution in [-0.4, -0.2) is 5.78 Å². The number of ketones is 1. The summed E-state index contributed by atoms with van der Waals surface area (Å²) in [6, 6.07) is 13.9. The molecule has 1 nitrogen and oxygen atoms in total. The van der Waals surface area contributed by atoms with Crippen LogP contribution in [-0.2, 0) is 0 Å². The van der Waals surface area contributed by atoms with Gasteiger partial charge < -0.3 is 0 Å². The molecule has 0 spiro atoms. The van der Waals surface area contributed by atoms with Gasteiger partial charge in [0.25, 0.3) is 0 Å². The molecule has 1 heteroatoms. The van der Waals surface area contributed by atoms with Crippen LogP contribution in [0.2, 0.25) is 0 Å². The zero-order valence-corrected chi connectivity index (χ0v) is 8.16. The molecule has 0 N–H and O–H groups in total. The summed E-state index contributed by atoms with van der Waals surface area (Å²) in [5.74, 6) is 0.204. The van der Waals surface area contributed by atoms with Crippen LogP contribution < -0.4 is 0 Å². The minimum absolute atomic E-state index is 0.204.